The molecule has 2 rings (SSSR count). The SMILES string of the molecule is COC(=O)C[C@H]1CCCC[C@H]1[N+]1([O-])CCCC1. The molecule has 0 aromatic heterocycles. The van der Waals surface area contributed by atoms with Crippen LogP contribution in [0.15, 0.2) is 0 Å². The van der Waals surface area contributed by atoms with E-state index in [0.29, 0.717) is 6.42 Å². The van der Waals surface area contributed by atoms with Gasteiger partial charge >= 0.3 is 5.97 Å². The number of hydrogen-bond acceptors (Lipinski definition) is 3. The van der Waals surface area contributed by atoms with E-state index in [4.69, 9.17) is 4.74 Å². The Balaban J connectivity index is 2.03. The molecular formula is C13H23NO3. The van der Waals surface area contributed by atoms with Crippen LogP contribution in [0.1, 0.15) is 44.9 Å². The van der Waals surface area contributed by atoms with Gasteiger partial charge in [-0.05, 0) is 12.8 Å². The van der Waals surface area contributed by atoms with Crippen LogP contribution in [-0.4, -0.2) is 36.9 Å². The summed E-state index contributed by atoms with van der Waals surface area (Å²) in [7, 11) is 1.43. The van der Waals surface area contributed by atoms with Crippen molar-refractivity contribution in [2.24, 2.45) is 5.92 Å². The summed E-state index contributed by atoms with van der Waals surface area (Å²) < 4.78 is 4.71. The zero-order valence-electron chi connectivity index (χ0n) is 10.7. The van der Waals surface area contributed by atoms with E-state index in [1.54, 1.807) is 0 Å². The molecule has 1 saturated carbocycles. The normalized spacial score (nSPS) is 32.4. The molecule has 0 bridgehead atoms. The summed E-state index contributed by atoms with van der Waals surface area (Å²) in [6.07, 6.45) is 6.83. The van der Waals surface area contributed by atoms with Gasteiger partial charge in [-0.3, -0.25) is 4.79 Å². The van der Waals surface area contributed by atoms with Crippen molar-refractivity contribution in [3.05, 3.63) is 5.21 Å². The number of carbonyl (C=O) groups excluding carboxylic acids is 1. The number of nitrogens with zero attached hydrogens (tertiary/aromatic N) is 1. The van der Waals surface area contributed by atoms with Crippen LogP contribution in [0.2, 0.25) is 0 Å². The average Bonchev–Trinajstić information content (AvgIpc) is 2.78. The first-order chi connectivity index (χ1) is 8.15. The number of esters is 1. The van der Waals surface area contributed by atoms with Gasteiger partial charge in [-0.15, -0.1) is 0 Å². The predicted molar refractivity (Wildman–Crippen MR) is 65.0 cm³/mol. The van der Waals surface area contributed by atoms with E-state index in [2.05, 4.69) is 0 Å². The first-order valence-electron chi connectivity index (χ1n) is 6.80. The summed E-state index contributed by atoms with van der Waals surface area (Å²) >= 11 is 0. The third-order valence-electron chi connectivity index (χ3n) is 4.45. The Morgan fingerprint density at radius 3 is 2.53 bits per heavy atom. The zero-order valence-corrected chi connectivity index (χ0v) is 10.7. The van der Waals surface area contributed by atoms with Gasteiger partial charge in [0.1, 0.15) is 0 Å². The highest BCUT2D eigenvalue weighted by Gasteiger charge is 2.40. The average molecular weight is 241 g/mol. The molecule has 0 aromatic carbocycles. The Bertz CT molecular complexity index is 274. The molecule has 2 atom stereocenters. The Morgan fingerprint density at radius 2 is 1.88 bits per heavy atom. The van der Waals surface area contributed by atoms with E-state index in [-0.39, 0.29) is 22.6 Å². The van der Waals surface area contributed by atoms with Crippen molar-refractivity contribution in [2.75, 3.05) is 20.2 Å². The summed E-state index contributed by atoms with van der Waals surface area (Å²) in [6.45, 7) is 1.50. The number of quaternary nitrogens is 1. The highest BCUT2D eigenvalue weighted by atomic mass is 16.5. The molecule has 1 aliphatic heterocycles. The molecule has 98 valence electrons. The van der Waals surface area contributed by atoms with Crippen molar-refractivity contribution >= 4 is 5.97 Å². The molecule has 1 aliphatic carbocycles. The van der Waals surface area contributed by atoms with Crippen LogP contribution in [0.3, 0.4) is 0 Å². The van der Waals surface area contributed by atoms with Gasteiger partial charge in [-0.2, -0.15) is 0 Å². The smallest absolute Gasteiger partial charge is 0.306 e. The van der Waals surface area contributed by atoms with Crippen molar-refractivity contribution < 1.29 is 14.2 Å². The van der Waals surface area contributed by atoms with Gasteiger partial charge in [0.25, 0.3) is 0 Å². The lowest BCUT2D eigenvalue weighted by Crippen LogP contribution is -2.53. The van der Waals surface area contributed by atoms with Crippen LogP contribution in [0, 0.1) is 11.1 Å². The standard InChI is InChI=1S/C13H23NO3/c1-17-13(15)10-11-6-2-3-7-12(11)14(16)8-4-5-9-14/h11-12H,2-10H2,1H3/t11-,12-/m1/s1. The fourth-order valence-corrected chi connectivity index (χ4v) is 3.55. The molecule has 0 unspecified atom stereocenters. The lowest BCUT2D eigenvalue weighted by molar-refractivity contribution is -0.899. The van der Waals surface area contributed by atoms with E-state index < -0.39 is 0 Å². The molecule has 4 nitrogen and oxygen atoms in total. The van der Waals surface area contributed by atoms with Crippen molar-refractivity contribution in [3.8, 4) is 0 Å². The molecule has 2 fully saturated rings. The van der Waals surface area contributed by atoms with Crippen molar-refractivity contribution in [1.82, 2.24) is 0 Å². The second-order valence-electron chi connectivity index (χ2n) is 5.50. The minimum absolute atomic E-state index is 0.0400. The third kappa shape index (κ3) is 2.80. The Labute approximate surface area is 103 Å². The Morgan fingerprint density at radius 1 is 1.24 bits per heavy atom. The van der Waals surface area contributed by atoms with Crippen LogP contribution in [0.5, 0.6) is 0 Å². The van der Waals surface area contributed by atoms with Crippen molar-refractivity contribution in [1.29, 1.82) is 0 Å². The van der Waals surface area contributed by atoms with Gasteiger partial charge in [0.15, 0.2) is 0 Å². The number of hydrogen-bond donors (Lipinski definition) is 0. The maximum Gasteiger partial charge on any atom is 0.306 e. The molecular weight excluding hydrogens is 218 g/mol. The number of methoxy groups -OCH3 is 1. The van der Waals surface area contributed by atoms with Gasteiger partial charge in [-0.1, -0.05) is 6.42 Å². The van der Waals surface area contributed by atoms with E-state index in [0.717, 1.165) is 51.6 Å². The maximum atomic E-state index is 12.7. The minimum atomic E-state index is -0.160. The number of likely N-dealkylation sites (tertiary alicyclic amines) is 1. The van der Waals surface area contributed by atoms with E-state index in [9.17, 15) is 10.0 Å². The number of carbonyl (C=O) groups is 1. The van der Waals surface area contributed by atoms with E-state index in [1.165, 1.54) is 7.11 Å². The maximum absolute atomic E-state index is 12.7. The van der Waals surface area contributed by atoms with Crippen LogP contribution in [0.4, 0.5) is 0 Å². The van der Waals surface area contributed by atoms with Crippen LogP contribution in [0.25, 0.3) is 0 Å². The summed E-state index contributed by atoms with van der Waals surface area (Å²) in [5.74, 6) is 0.0829. The fraction of sp³-hybridized carbons (Fsp3) is 0.923. The van der Waals surface area contributed by atoms with Crippen LogP contribution in [-0.2, 0) is 9.53 Å². The van der Waals surface area contributed by atoms with Gasteiger partial charge in [0, 0.05) is 25.2 Å². The highest BCUT2D eigenvalue weighted by Crippen LogP contribution is 2.37. The van der Waals surface area contributed by atoms with Gasteiger partial charge in [0.2, 0.25) is 0 Å². The first-order valence-corrected chi connectivity index (χ1v) is 6.80. The zero-order chi connectivity index (χ0) is 12.3. The largest absolute Gasteiger partial charge is 0.633 e. The predicted octanol–water partition coefficient (Wildman–Crippen LogP) is 2.22. The highest BCUT2D eigenvalue weighted by molar-refractivity contribution is 5.69. The van der Waals surface area contributed by atoms with E-state index >= 15 is 0 Å². The molecule has 1 saturated heterocycles. The molecule has 0 N–H and O–H groups in total. The summed E-state index contributed by atoms with van der Waals surface area (Å²) in [5, 5.41) is 12.7. The lowest BCUT2D eigenvalue weighted by Gasteiger charge is -2.50. The summed E-state index contributed by atoms with van der Waals surface area (Å²) in [4.78, 5) is 11.4. The molecule has 2 aliphatic rings. The van der Waals surface area contributed by atoms with Crippen LogP contribution < -0.4 is 0 Å². The Hall–Kier alpha value is -0.610. The third-order valence-corrected chi connectivity index (χ3v) is 4.45. The lowest BCUT2D eigenvalue weighted by atomic mass is 9.81. The fourth-order valence-electron chi connectivity index (χ4n) is 3.55. The second kappa shape index (κ2) is 5.36. The monoisotopic (exact) mass is 241 g/mol. The van der Waals surface area contributed by atoms with Crippen molar-refractivity contribution in [2.45, 2.75) is 51.0 Å². The minimum Gasteiger partial charge on any atom is -0.633 e. The summed E-state index contributed by atoms with van der Waals surface area (Å²) in [5.41, 5.74) is 0. The van der Waals surface area contributed by atoms with Crippen LogP contribution >= 0.6 is 0 Å². The van der Waals surface area contributed by atoms with Gasteiger partial charge in [-0.25, -0.2) is 0 Å². The molecule has 0 radical (unpaired) electrons. The topological polar surface area (TPSA) is 49.4 Å². The number of ether oxygens (including phenoxy) is 1. The van der Waals surface area contributed by atoms with Gasteiger partial charge < -0.3 is 14.6 Å². The molecule has 17 heavy (non-hydrogen) atoms. The quantitative estimate of drug-likeness (QED) is 0.432. The number of hydroxylamine groups is 3. The molecule has 0 aromatic rings. The molecule has 0 spiro atoms. The first kappa shape index (κ1) is 12.8. The molecule has 4 heteroatoms. The number of rotatable bonds is 3. The van der Waals surface area contributed by atoms with E-state index in [1.807, 2.05) is 0 Å². The molecule has 0 amide bonds. The molecule has 1 heterocycles. The van der Waals surface area contributed by atoms with Gasteiger partial charge in [0.05, 0.1) is 32.7 Å². The second-order valence-corrected chi connectivity index (χ2v) is 5.50. The Kier molecular flexibility index (Phi) is 4.05. The summed E-state index contributed by atoms with van der Waals surface area (Å²) in [6, 6.07) is 0.144. The van der Waals surface area contributed by atoms with Crippen molar-refractivity contribution in [3.63, 3.8) is 0 Å².